The molecule has 4 heteroatoms. The van der Waals surface area contributed by atoms with Gasteiger partial charge in [0, 0.05) is 21.1 Å². The molecule has 1 aromatic rings. The molecule has 0 radical (unpaired) electrons. The van der Waals surface area contributed by atoms with Crippen LogP contribution >= 0.6 is 0 Å². The van der Waals surface area contributed by atoms with Crippen LogP contribution in [0.2, 0.25) is 0 Å². The average Bonchev–Trinajstić information content (AvgIpc) is 2.87. The molecule has 0 fully saturated rings. The maximum Gasteiger partial charge on any atom is 0 e. The Morgan fingerprint density at radius 1 is 0.929 bits per heavy atom. The molecule has 1 rings (SSSR count). The van der Waals surface area contributed by atoms with E-state index in [1.165, 1.54) is 0 Å². The smallest absolute Gasteiger partial charge is 0 e. The van der Waals surface area contributed by atoms with E-state index in [0.29, 0.717) is 0 Å². The Hall–Kier alpha value is -0.952. The van der Waals surface area contributed by atoms with E-state index >= 15 is 0 Å². The summed E-state index contributed by atoms with van der Waals surface area (Å²) in [4.78, 5) is 23.2. The summed E-state index contributed by atoms with van der Waals surface area (Å²) in [7, 11) is 0. The van der Waals surface area contributed by atoms with Crippen LogP contribution in [0.5, 0.6) is 0 Å². The molecule has 0 atom stereocenters. The molecular formula is C10H14O3W-6. The van der Waals surface area contributed by atoms with Gasteiger partial charge in [0.15, 0.2) is 0 Å². The minimum atomic E-state index is 0. The van der Waals surface area contributed by atoms with E-state index in [-0.39, 0.29) is 22.5 Å². The largest absolute Gasteiger partial charge is 1.00 e. The second-order valence-corrected chi connectivity index (χ2v) is 0.962. The summed E-state index contributed by atoms with van der Waals surface area (Å²) in [5, 5.41) is 0. The second-order valence-electron chi connectivity index (χ2n) is 0.962. The third-order valence-electron chi connectivity index (χ3n) is 0.556. The van der Waals surface area contributed by atoms with Crippen LogP contribution in [-0.4, -0.2) is 20.4 Å². The topological polar surface area (TPSA) is 51.2 Å². The molecule has 0 spiro atoms. The molecule has 0 N–H and O–H groups in total. The fourth-order valence-corrected chi connectivity index (χ4v) is 0.321. The van der Waals surface area contributed by atoms with Crippen LogP contribution in [0, 0.1) is 6.92 Å². The zero-order valence-electron chi connectivity index (χ0n) is 8.96. The maximum absolute atomic E-state index is 7.75. The number of carbonyl (C=O) groups excluding carboxylic acids is 3. The zero-order chi connectivity index (χ0) is 11.5. The summed E-state index contributed by atoms with van der Waals surface area (Å²) in [6.45, 7) is 14.8. The van der Waals surface area contributed by atoms with Gasteiger partial charge in [0.25, 0.3) is 0 Å². The van der Waals surface area contributed by atoms with E-state index in [4.69, 9.17) is 14.4 Å². The van der Waals surface area contributed by atoms with Crippen LogP contribution in [0.15, 0.2) is 30.3 Å². The first-order valence-corrected chi connectivity index (χ1v) is 3.08. The van der Waals surface area contributed by atoms with Gasteiger partial charge in [-0.15, -0.1) is 0 Å². The zero-order valence-corrected chi connectivity index (χ0v) is 10.9. The number of hydrogen-bond donors (Lipinski definition) is 0. The Bertz CT molecular complexity index is 104. The van der Waals surface area contributed by atoms with Crippen molar-refractivity contribution >= 4 is 20.4 Å². The van der Waals surface area contributed by atoms with Crippen molar-refractivity contribution in [3.05, 3.63) is 37.3 Å². The summed E-state index contributed by atoms with van der Waals surface area (Å²) < 4.78 is 0. The molecule has 84 valence electrons. The van der Waals surface area contributed by atoms with E-state index in [0.717, 1.165) is 0 Å². The van der Waals surface area contributed by atoms with Gasteiger partial charge in [0.05, 0.1) is 0 Å². The fraction of sp³-hybridized carbons (Fsp3) is 0.100. The third-order valence-corrected chi connectivity index (χ3v) is 0.556. The normalized spacial score (nSPS) is 4.14. The van der Waals surface area contributed by atoms with Crippen molar-refractivity contribution in [1.82, 2.24) is 0 Å². The van der Waals surface area contributed by atoms with Gasteiger partial charge in [0.2, 0.25) is 0 Å². The monoisotopic (exact) mass is 366 g/mol. The van der Waals surface area contributed by atoms with Crippen molar-refractivity contribution in [1.29, 1.82) is 0 Å². The van der Waals surface area contributed by atoms with E-state index in [1.807, 2.05) is 30.3 Å². The van der Waals surface area contributed by atoms with Gasteiger partial charge in [-0.1, -0.05) is 0 Å². The molecule has 0 bridgehead atoms. The predicted octanol–water partition coefficient (Wildman–Crippen LogP) is 1.53. The first kappa shape index (κ1) is 29.2. The molecule has 0 aromatic heterocycles. The van der Waals surface area contributed by atoms with Crippen LogP contribution in [0.25, 0.3) is 0 Å². The Kier molecular flexibility index (Phi) is 187. The maximum atomic E-state index is 7.75. The molecule has 1 aromatic carbocycles. The van der Waals surface area contributed by atoms with Gasteiger partial charge in [-0.25, -0.2) is 12.1 Å². The molecule has 0 saturated carbocycles. The molecule has 14 heavy (non-hydrogen) atoms. The SMILES string of the molecule is [CH-]=O.[CH-]=O.[CH-]=O.[CH2-]C.[H-].[W].c1cc[cH-]c1. The Balaban J connectivity index is -0.0000000182. The van der Waals surface area contributed by atoms with Gasteiger partial charge in [-0.2, -0.15) is 25.1 Å². The second kappa shape index (κ2) is 89.7. The van der Waals surface area contributed by atoms with Crippen molar-refractivity contribution in [3.8, 4) is 0 Å². The molecule has 0 amide bonds. The molecule has 0 aliphatic carbocycles. The van der Waals surface area contributed by atoms with Crippen molar-refractivity contribution in [2.24, 2.45) is 0 Å². The summed E-state index contributed by atoms with van der Waals surface area (Å²) in [6, 6.07) is 10.0. The van der Waals surface area contributed by atoms with E-state index in [2.05, 4.69) is 27.3 Å². The first-order chi connectivity index (χ1) is 6.50. The molecule has 0 aliphatic rings. The Labute approximate surface area is 102 Å². The summed E-state index contributed by atoms with van der Waals surface area (Å²) in [5.41, 5.74) is 0. The molecule has 0 aliphatic heterocycles. The van der Waals surface area contributed by atoms with Gasteiger partial charge < -0.3 is 22.7 Å². The quantitative estimate of drug-likeness (QED) is 0.517. The van der Waals surface area contributed by atoms with Crippen LogP contribution in [0.4, 0.5) is 0 Å². The van der Waals surface area contributed by atoms with Gasteiger partial charge in [0.1, 0.15) is 0 Å². The summed E-state index contributed by atoms with van der Waals surface area (Å²) >= 11 is 0. The van der Waals surface area contributed by atoms with Gasteiger partial charge >= 0.3 is 0 Å². The number of hydrogen-bond acceptors (Lipinski definition) is 3. The van der Waals surface area contributed by atoms with Crippen molar-refractivity contribution < 1.29 is 36.9 Å². The molecule has 3 nitrogen and oxygen atoms in total. The van der Waals surface area contributed by atoms with Gasteiger partial charge in [-0.05, 0) is 0 Å². The Morgan fingerprint density at radius 2 is 1.14 bits per heavy atom. The minimum absolute atomic E-state index is 0. The molecule has 0 unspecified atom stereocenters. The van der Waals surface area contributed by atoms with Crippen LogP contribution in [0.1, 0.15) is 8.35 Å². The van der Waals surface area contributed by atoms with E-state index < -0.39 is 0 Å². The first-order valence-electron chi connectivity index (χ1n) is 3.08. The summed E-state index contributed by atoms with van der Waals surface area (Å²) in [6.07, 6.45) is 0. The van der Waals surface area contributed by atoms with Crippen LogP contribution in [-0.2, 0) is 35.4 Å². The standard InChI is InChI=1S/C5H5.C2H5.3CHO.W.H/c1-2-4-5-3-1;4*1-2;;/h1-5H;1H2,2H3;3*1H;;/q5*-1;;-1. The van der Waals surface area contributed by atoms with E-state index in [9.17, 15) is 0 Å². The minimum Gasteiger partial charge on any atom is -1.00 e. The van der Waals surface area contributed by atoms with Crippen LogP contribution in [0.3, 0.4) is 0 Å². The molecule has 0 saturated heterocycles. The molecular weight excluding hydrogens is 352 g/mol. The fourth-order valence-electron chi connectivity index (χ4n) is 0.321. The number of rotatable bonds is 0. The predicted molar refractivity (Wildman–Crippen MR) is 54.4 cm³/mol. The van der Waals surface area contributed by atoms with Gasteiger partial charge in [-0.3, -0.25) is 20.4 Å². The molecule has 0 heterocycles. The Morgan fingerprint density at radius 3 is 1.21 bits per heavy atom. The van der Waals surface area contributed by atoms with Crippen molar-refractivity contribution in [2.75, 3.05) is 0 Å². The van der Waals surface area contributed by atoms with Crippen LogP contribution < -0.4 is 0 Å². The van der Waals surface area contributed by atoms with E-state index in [1.54, 1.807) is 6.92 Å². The summed E-state index contributed by atoms with van der Waals surface area (Å²) in [5.74, 6) is 0. The van der Waals surface area contributed by atoms with Crippen molar-refractivity contribution in [3.63, 3.8) is 0 Å². The average molecular weight is 366 g/mol. The third kappa shape index (κ3) is 68.1. The van der Waals surface area contributed by atoms with Crippen molar-refractivity contribution in [2.45, 2.75) is 6.92 Å².